The first-order valence-corrected chi connectivity index (χ1v) is 10.1. The van der Waals surface area contributed by atoms with Crippen LogP contribution in [0.3, 0.4) is 0 Å². The zero-order valence-electron chi connectivity index (χ0n) is 17.5. The summed E-state index contributed by atoms with van der Waals surface area (Å²) in [5, 5.41) is 12.1. The minimum Gasteiger partial charge on any atom is -0.392 e. The van der Waals surface area contributed by atoms with Gasteiger partial charge in [-0.3, -0.25) is 14.5 Å². The molecular weight excluding hydrogens is 340 g/mol. The maximum atomic E-state index is 11.9. The third kappa shape index (κ3) is 6.43. The van der Waals surface area contributed by atoms with E-state index < -0.39 is 5.41 Å². The van der Waals surface area contributed by atoms with E-state index in [1.807, 2.05) is 45.9 Å². The summed E-state index contributed by atoms with van der Waals surface area (Å²) in [6.45, 7) is 12.8. The van der Waals surface area contributed by atoms with Crippen LogP contribution >= 0.6 is 0 Å². The number of Topliss-reactive ketones (excluding diaryl/α,β-unsaturated/α-hetero) is 1. The summed E-state index contributed by atoms with van der Waals surface area (Å²) in [4.78, 5) is 25.7. The second kappa shape index (κ2) is 11.2. The van der Waals surface area contributed by atoms with Gasteiger partial charge in [-0.1, -0.05) is 58.0 Å². The largest absolute Gasteiger partial charge is 0.392 e. The van der Waals surface area contributed by atoms with Crippen LogP contribution in [0.25, 0.3) is 0 Å². The average Bonchev–Trinajstić information content (AvgIpc) is 2.66. The number of aliphatic hydroxyl groups is 1. The zero-order valence-corrected chi connectivity index (χ0v) is 17.5. The van der Waals surface area contributed by atoms with Crippen LogP contribution in [0.1, 0.15) is 53.0 Å². The van der Waals surface area contributed by atoms with Crippen molar-refractivity contribution in [2.45, 2.75) is 60.1 Å². The molecular formula is C22H36N2O3. The van der Waals surface area contributed by atoms with E-state index in [1.54, 1.807) is 0 Å². The van der Waals surface area contributed by atoms with E-state index in [-0.39, 0.29) is 23.7 Å². The molecule has 5 heteroatoms. The van der Waals surface area contributed by atoms with Gasteiger partial charge in [0.05, 0.1) is 6.10 Å². The smallest absolute Gasteiger partial charge is 0.233 e. The molecule has 0 aliphatic carbocycles. The summed E-state index contributed by atoms with van der Waals surface area (Å²) in [5.74, 6) is -0.000509. The summed E-state index contributed by atoms with van der Waals surface area (Å²) < 4.78 is 0. The van der Waals surface area contributed by atoms with Gasteiger partial charge in [-0.05, 0) is 31.9 Å². The van der Waals surface area contributed by atoms with E-state index in [2.05, 4.69) is 29.3 Å². The van der Waals surface area contributed by atoms with Crippen LogP contribution < -0.4 is 5.32 Å². The number of ketones is 1. The fourth-order valence-corrected chi connectivity index (χ4v) is 3.53. The predicted molar refractivity (Wildman–Crippen MR) is 109 cm³/mol. The van der Waals surface area contributed by atoms with Gasteiger partial charge >= 0.3 is 0 Å². The normalized spacial score (nSPS) is 19.9. The number of aliphatic hydroxyl groups excluding tert-OH is 1. The lowest BCUT2D eigenvalue weighted by atomic mass is 9.71. The average molecular weight is 377 g/mol. The second-order valence-electron chi connectivity index (χ2n) is 7.43. The quantitative estimate of drug-likeness (QED) is 0.718. The molecule has 2 rings (SSSR count). The Kier molecular flexibility index (Phi) is 9.67. The molecule has 1 saturated heterocycles. The number of rotatable bonds is 7. The molecule has 1 aromatic carbocycles. The van der Waals surface area contributed by atoms with Crippen molar-refractivity contribution in [3.8, 4) is 0 Å². The molecule has 1 fully saturated rings. The third-order valence-electron chi connectivity index (χ3n) is 5.35. The van der Waals surface area contributed by atoms with Crippen molar-refractivity contribution in [1.29, 1.82) is 0 Å². The molecule has 1 aliphatic heterocycles. The van der Waals surface area contributed by atoms with Crippen molar-refractivity contribution < 1.29 is 14.7 Å². The molecule has 0 spiro atoms. The van der Waals surface area contributed by atoms with Gasteiger partial charge < -0.3 is 10.4 Å². The van der Waals surface area contributed by atoms with Crippen LogP contribution in [0, 0.1) is 11.3 Å². The molecule has 0 bridgehead atoms. The number of piperidine rings is 1. The Morgan fingerprint density at radius 1 is 1.19 bits per heavy atom. The van der Waals surface area contributed by atoms with Gasteiger partial charge in [0.25, 0.3) is 0 Å². The third-order valence-corrected chi connectivity index (χ3v) is 5.35. The fraction of sp³-hybridized carbons (Fsp3) is 0.636. The Balaban J connectivity index is 0.000000271. The second-order valence-corrected chi connectivity index (χ2v) is 7.43. The number of carbonyl (C=O) groups excluding carboxylic acids is 2. The lowest BCUT2D eigenvalue weighted by molar-refractivity contribution is -0.148. The summed E-state index contributed by atoms with van der Waals surface area (Å²) in [6.07, 6.45) is 0.968. The maximum Gasteiger partial charge on any atom is 0.233 e. The number of nitrogens with zero attached hydrogens (tertiary/aromatic N) is 1. The number of benzene rings is 1. The van der Waals surface area contributed by atoms with Crippen LogP contribution in [0.4, 0.5) is 0 Å². The number of carbonyl (C=O) groups is 2. The Morgan fingerprint density at radius 3 is 2.22 bits per heavy atom. The van der Waals surface area contributed by atoms with Crippen molar-refractivity contribution in [3.63, 3.8) is 0 Å². The van der Waals surface area contributed by atoms with E-state index >= 15 is 0 Å². The first kappa shape index (κ1) is 23.3. The monoisotopic (exact) mass is 376 g/mol. The highest BCUT2D eigenvalue weighted by atomic mass is 16.3. The SMILES string of the molecule is CCC1(CC)C(=O)NC[C@@H](C)C1=O.CCN(Cc1ccccc1)CC(C)O. The Morgan fingerprint density at radius 2 is 1.78 bits per heavy atom. The van der Waals surface area contributed by atoms with E-state index in [9.17, 15) is 14.7 Å². The number of amides is 1. The Hall–Kier alpha value is -1.72. The van der Waals surface area contributed by atoms with Gasteiger partial charge in [0.2, 0.25) is 5.91 Å². The Labute approximate surface area is 164 Å². The van der Waals surface area contributed by atoms with Crippen molar-refractivity contribution in [2.24, 2.45) is 11.3 Å². The molecule has 1 aromatic rings. The fourth-order valence-electron chi connectivity index (χ4n) is 3.53. The first-order valence-electron chi connectivity index (χ1n) is 10.1. The summed E-state index contributed by atoms with van der Waals surface area (Å²) in [7, 11) is 0. The van der Waals surface area contributed by atoms with Gasteiger partial charge in [-0.25, -0.2) is 0 Å². The summed E-state index contributed by atoms with van der Waals surface area (Å²) in [5.41, 5.74) is 0.563. The van der Waals surface area contributed by atoms with Gasteiger partial charge in [-0.2, -0.15) is 0 Å². The minimum atomic E-state index is -0.738. The van der Waals surface area contributed by atoms with Crippen LogP contribution in [0.15, 0.2) is 30.3 Å². The predicted octanol–water partition coefficient (Wildman–Crippen LogP) is 3.02. The molecule has 0 radical (unpaired) electrons. The molecule has 1 aliphatic rings. The van der Waals surface area contributed by atoms with E-state index in [0.717, 1.165) is 19.6 Å². The maximum absolute atomic E-state index is 11.9. The van der Waals surface area contributed by atoms with Crippen LogP contribution in [0.2, 0.25) is 0 Å². The van der Waals surface area contributed by atoms with Gasteiger partial charge in [0.15, 0.2) is 5.78 Å². The van der Waals surface area contributed by atoms with Crippen LogP contribution in [-0.4, -0.2) is 47.4 Å². The van der Waals surface area contributed by atoms with E-state index in [4.69, 9.17) is 0 Å². The lowest BCUT2D eigenvalue weighted by Crippen LogP contribution is -2.55. The summed E-state index contributed by atoms with van der Waals surface area (Å²) >= 11 is 0. The van der Waals surface area contributed by atoms with Crippen molar-refractivity contribution in [3.05, 3.63) is 35.9 Å². The van der Waals surface area contributed by atoms with Gasteiger partial charge in [0, 0.05) is 25.6 Å². The molecule has 2 atom stereocenters. The summed E-state index contributed by atoms with van der Waals surface area (Å²) in [6, 6.07) is 10.3. The molecule has 2 N–H and O–H groups in total. The molecule has 1 heterocycles. The van der Waals surface area contributed by atoms with Crippen molar-refractivity contribution >= 4 is 11.7 Å². The van der Waals surface area contributed by atoms with Gasteiger partial charge in [-0.15, -0.1) is 0 Å². The van der Waals surface area contributed by atoms with E-state index in [0.29, 0.717) is 19.4 Å². The number of hydrogen-bond donors (Lipinski definition) is 2. The molecule has 0 aromatic heterocycles. The highest BCUT2D eigenvalue weighted by Gasteiger charge is 2.47. The lowest BCUT2D eigenvalue weighted by Gasteiger charge is -2.35. The standard InChI is InChI=1S/C12H19NO.C10H17NO2/c1-3-13(9-11(2)14)10-12-7-5-4-6-8-12;1-4-10(5-2)8(12)7(3)6-11-9(10)13/h4-8,11,14H,3,9-10H2,1-2H3;7H,4-6H2,1-3H3,(H,11,13)/t;7-/m.1/s1. The first-order chi connectivity index (χ1) is 12.8. The highest BCUT2D eigenvalue weighted by molar-refractivity contribution is 6.08. The molecule has 1 unspecified atom stereocenters. The molecule has 0 saturated carbocycles. The number of likely N-dealkylation sites (N-methyl/N-ethyl adjacent to an activating group) is 1. The number of nitrogens with one attached hydrogen (secondary N) is 1. The van der Waals surface area contributed by atoms with Crippen molar-refractivity contribution in [1.82, 2.24) is 10.2 Å². The zero-order chi connectivity index (χ0) is 20.4. The number of hydrogen-bond acceptors (Lipinski definition) is 4. The molecule has 27 heavy (non-hydrogen) atoms. The van der Waals surface area contributed by atoms with Crippen LogP contribution in [-0.2, 0) is 16.1 Å². The Bertz CT molecular complexity index is 582. The van der Waals surface area contributed by atoms with Crippen LogP contribution in [0.5, 0.6) is 0 Å². The van der Waals surface area contributed by atoms with Crippen molar-refractivity contribution in [2.75, 3.05) is 19.6 Å². The molecule has 152 valence electrons. The topological polar surface area (TPSA) is 69.6 Å². The highest BCUT2D eigenvalue weighted by Crippen LogP contribution is 2.33. The molecule has 5 nitrogen and oxygen atoms in total. The molecule has 1 amide bonds. The van der Waals surface area contributed by atoms with Gasteiger partial charge in [0.1, 0.15) is 5.41 Å². The van der Waals surface area contributed by atoms with E-state index in [1.165, 1.54) is 5.56 Å². The minimum absolute atomic E-state index is 0.0300.